The number of methoxy groups -OCH3 is 1. The summed E-state index contributed by atoms with van der Waals surface area (Å²) < 4.78 is 7.36. The lowest BCUT2D eigenvalue weighted by Gasteiger charge is -2.20. The maximum atomic E-state index is 6.12. The average molecular weight is 243 g/mol. The van der Waals surface area contributed by atoms with Crippen molar-refractivity contribution in [2.45, 2.75) is 25.3 Å². The number of hydrogen-bond donors (Lipinski definition) is 1. The van der Waals surface area contributed by atoms with E-state index >= 15 is 0 Å². The Morgan fingerprint density at radius 1 is 1.39 bits per heavy atom. The van der Waals surface area contributed by atoms with Crippen molar-refractivity contribution in [1.29, 1.82) is 0 Å². The van der Waals surface area contributed by atoms with Crippen LogP contribution in [0.4, 0.5) is 0 Å². The van der Waals surface area contributed by atoms with Gasteiger partial charge in [0.25, 0.3) is 0 Å². The second-order valence-electron chi connectivity index (χ2n) is 4.63. The number of aromatic nitrogens is 2. The standard InChI is InChI=1S/C14H17N3O/c1-18-14-8-3-2-6-13(14)17-12-7-4-5-11(15)10(12)9-16-17/h2-3,6,8-9,11H,4-5,7,15H2,1H3. The van der Waals surface area contributed by atoms with Crippen LogP contribution < -0.4 is 10.5 Å². The Labute approximate surface area is 106 Å². The molecule has 4 nitrogen and oxygen atoms in total. The second kappa shape index (κ2) is 4.46. The number of hydrogen-bond acceptors (Lipinski definition) is 3. The SMILES string of the molecule is COc1ccccc1-n1ncc2c1CCCC2N. The van der Waals surface area contributed by atoms with E-state index in [1.807, 2.05) is 35.1 Å². The quantitative estimate of drug-likeness (QED) is 0.880. The van der Waals surface area contributed by atoms with Gasteiger partial charge in [-0.1, -0.05) is 12.1 Å². The average Bonchev–Trinajstić information content (AvgIpc) is 2.84. The van der Waals surface area contributed by atoms with E-state index in [1.165, 1.54) is 11.3 Å². The van der Waals surface area contributed by atoms with E-state index < -0.39 is 0 Å². The van der Waals surface area contributed by atoms with Crippen LogP contribution in [0.15, 0.2) is 30.5 Å². The first-order valence-corrected chi connectivity index (χ1v) is 6.27. The van der Waals surface area contributed by atoms with Gasteiger partial charge in [-0.2, -0.15) is 5.10 Å². The maximum absolute atomic E-state index is 6.12. The normalized spacial score (nSPS) is 18.4. The Morgan fingerprint density at radius 3 is 3.06 bits per heavy atom. The molecule has 0 bridgehead atoms. The zero-order valence-electron chi connectivity index (χ0n) is 10.5. The van der Waals surface area contributed by atoms with Crippen molar-refractivity contribution < 1.29 is 4.74 Å². The van der Waals surface area contributed by atoms with Crippen LogP contribution in [-0.4, -0.2) is 16.9 Å². The third-order valence-electron chi connectivity index (χ3n) is 3.54. The number of benzene rings is 1. The monoisotopic (exact) mass is 243 g/mol. The minimum absolute atomic E-state index is 0.122. The van der Waals surface area contributed by atoms with Crippen molar-refractivity contribution in [2.24, 2.45) is 5.73 Å². The first-order chi connectivity index (χ1) is 8.81. The molecule has 0 fully saturated rings. The molecule has 1 aliphatic rings. The largest absolute Gasteiger partial charge is 0.494 e. The molecule has 0 radical (unpaired) electrons. The van der Waals surface area contributed by atoms with E-state index in [1.54, 1.807) is 7.11 Å². The summed E-state index contributed by atoms with van der Waals surface area (Å²) in [6.45, 7) is 0. The van der Waals surface area contributed by atoms with Crippen LogP contribution in [0.1, 0.15) is 30.1 Å². The molecule has 94 valence electrons. The molecule has 1 unspecified atom stereocenters. The highest BCUT2D eigenvalue weighted by Crippen LogP contribution is 2.31. The van der Waals surface area contributed by atoms with Crippen LogP contribution in [0.3, 0.4) is 0 Å². The highest BCUT2D eigenvalue weighted by atomic mass is 16.5. The molecule has 1 aromatic heterocycles. The van der Waals surface area contributed by atoms with E-state index in [9.17, 15) is 0 Å². The summed E-state index contributed by atoms with van der Waals surface area (Å²) in [4.78, 5) is 0. The van der Waals surface area contributed by atoms with Gasteiger partial charge in [0.15, 0.2) is 0 Å². The topological polar surface area (TPSA) is 53.1 Å². The van der Waals surface area contributed by atoms with Crippen LogP contribution in [0, 0.1) is 0 Å². The van der Waals surface area contributed by atoms with Crippen LogP contribution in [0.25, 0.3) is 5.69 Å². The molecule has 1 atom stereocenters. The summed E-state index contributed by atoms with van der Waals surface area (Å²) in [6.07, 6.45) is 5.09. The van der Waals surface area contributed by atoms with Crippen LogP contribution in [-0.2, 0) is 6.42 Å². The third kappa shape index (κ3) is 1.69. The van der Waals surface area contributed by atoms with Gasteiger partial charge >= 0.3 is 0 Å². The Hall–Kier alpha value is -1.81. The van der Waals surface area contributed by atoms with E-state index in [-0.39, 0.29) is 6.04 Å². The molecule has 0 amide bonds. The minimum atomic E-state index is 0.122. The first kappa shape index (κ1) is 11.3. The second-order valence-corrected chi connectivity index (χ2v) is 4.63. The molecule has 2 aromatic rings. The predicted molar refractivity (Wildman–Crippen MR) is 70.0 cm³/mol. The van der Waals surface area contributed by atoms with E-state index in [0.717, 1.165) is 30.7 Å². The molecular formula is C14H17N3O. The van der Waals surface area contributed by atoms with E-state index in [4.69, 9.17) is 10.5 Å². The van der Waals surface area contributed by atoms with E-state index in [2.05, 4.69) is 5.10 Å². The number of ether oxygens (including phenoxy) is 1. The van der Waals surface area contributed by atoms with E-state index in [0.29, 0.717) is 0 Å². The van der Waals surface area contributed by atoms with Crippen molar-refractivity contribution in [2.75, 3.05) is 7.11 Å². The maximum Gasteiger partial charge on any atom is 0.144 e. The Morgan fingerprint density at radius 2 is 2.22 bits per heavy atom. The molecule has 0 spiro atoms. The lowest BCUT2D eigenvalue weighted by Crippen LogP contribution is -2.18. The number of nitrogens with zero attached hydrogens (tertiary/aromatic N) is 2. The van der Waals surface area contributed by atoms with Crippen molar-refractivity contribution in [1.82, 2.24) is 9.78 Å². The number of rotatable bonds is 2. The molecule has 0 aliphatic heterocycles. The molecule has 0 saturated carbocycles. The van der Waals surface area contributed by atoms with Crippen molar-refractivity contribution in [3.63, 3.8) is 0 Å². The summed E-state index contributed by atoms with van der Waals surface area (Å²) in [5, 5.41) is 4.48. The Kier molecular flexibility index (Phi) is 2.80. The molecule has 4 heteroatoms. The first-order valence-electron chi connectivity index (χ1n) is 6.27. The molecule has 1 heterocycles. The zero-order chi connectivity index (χ0) is 12.5. The van der Waals surface area contributed by atoms with Gasteiger partial charge in [-0.25, -0.2) is 4.68 Å². The third-order valence-corrected chi connectivity index (χ3v) is 3.54. The minimum Gasteiger partial charge on any atom is -0.494 e. The highest BCUT2D eigenvalue weighted by molar-refractivity contribution is 5.48. The summed E-state index contributed by atoms with van der Waals surface area (Å²) in [5.41, 5.74) is 9.50. The molecule has 3 rings (SSSR count). The van der Waals surface area contributed by atoms with Gasteiger partial charge in [-0.3, -0.25) is 0 Å². The zero-order valence-corrected chi connectivity index (χ0v) is 10.5. The smallest absolute Gasteiger partial charge is 0.144 e. The molecule has 2 N–H and O–H groups in total. The lowest BCUT2D eigenvalue weighted by atomic mass is 9.94. The van der Waals surface area contributed by atoms with Gasteiger partial charge in [0.1, 0.15) is 11.4 Å². The molecule has 0 saturated heterocycles. The van der Waals surface area contributed by atoms with Crippen molar-refractivity contribution >= 4 is 0 Å². The Balaban J connectivity index is 2.13. The van der Waals surface area contributed by atoms with Crippen LogP contribution >= 0.6 is 0 Å². The van der Waals surface area contributed by atoms with Gasteiger partial charge in [0.2, 0.25) is 0 Å². The summed E-state index contributed by atoms with van der Waals surface area (Å²) in [7, 11) is 1.68. The van der Waals surface area contributed by atoms with Crippen molar-refractivity contribution in [3.8, 4) is 11.4 Å². The van der Waals surface area contributed by atoms with Gasteiger partial charge in [-0.15, -0.1) is 0 Å². The molecule has 1 aliphatic carbocycles. The number of nitrogens with two attached hydrogens (primary N) is 1. The van der Waals surface area contributed by atoms with Gasteiger partial charge < -0.3 is 10.5 Å². The van der Waals surface area contributed by atoms with Crippen LogP contribution in [0.5, 0.6) is 5.75 Å². The fourth-order valence-electron chi connectivity index (χ4n) is 2.60. The summed E-state index contributed by atoms with van der Waals surface area (Å²) in [5.74, 6) is 0.836. The highest BCUT2D eigenvalue weighted by Gasteiger charge is 2.22. The van der Waals surface area contributed by atoms with Gasteiger partial charge in [-0.05, 0) is 31.4 Å². The van der Waals surface area contributed by atoms with Crippen molar-refractivity contribution in [3.05, 3.63) is 41.7 Å². The molecule has 1 aromatic carbocycles. The molecular weight excluding hydrogens is 226 g/mol. The molecule has 18 heavy (non-hydrogen) atoms. The van der Waals surface area contributed by atoms with Gasteiger partial charge in [0.05, 0.1) is 13.3 Å². The summed E-state index contributed by atoms with van der Waals surface area (Å²) in [6, 6.07) is 8.05. The Bertz CT molecular complexity index is 562. The van der Waals surface area contributed by atoms with Gasteiger partial charge in [0, 0.05) is 17.3 Å². The van der Waals surface area contributed by atoms with Crippen LogP contribution in [0.2, 0.25) is 0 Å². The number of para-hydroxylation sites is 2. The predicted octanol–water partition coefficient (Wildman–Crippen LogP) is 2.22. The summed E-state index contributed by atoms with van der Waals surface area (Å²) >= 11 is 0. The fraction of sp³-hybridized carbons (Fsp3) is 0.357. The number of fused-ring (bicyclic) bond motifs is 1. The fourth-order valence-corrected chi connectivity index (χ4v) is 2.60. The lowest BCUT2D eigenvalue weighted by molar-refractivity contribution is 0.411.